The first-order chi connectivity index (χ1) is 13.0. The molecule has 0 saturated heterocycles. The lowest BCUT2D eigenvalue weighted by atomic mass is 10.2. The molecule has 0 bridgehead atoms. The Balaban J connectivity index is 1.83. The Kier molecular flexibility index (Phi) is 7.95. The number of nitrogens with one attached hydrogen (secondary N) is 2. The van der Waals surface area contributed by atoms with Crippen molar-refractivity contribution in [2.24, 2.45) is 0 Å². The predicted octanol–water partition coefficient (Wildman–Crippen LogP) is 1.43. The maximum absolute atomic E-state index is 12.2. The van der Waals surface area contributed by atoms with Gasteiger partial charge in [0.15, 0.2) is 18.0 Å². The summed E-state index contributed by atoms with van der Waals surface area (Å²) in [5.41, 5.74) is 2.13. The fourth-order valence-electron chi connectivity index (χ4n) is 2.79. The van der Waals surface area contributed by atoms with E-state index in [9.17, 15) is 4.79 Å². The zero-order valence-corrected chi connectivity index (χ0v) is 16.5. The Bertz CT molecular complexity index is 731. The summed E-state index contributed by atoms with van der Waals surface area (Å²) in [6.45, 7) is 4.16. The van der Waals surface area contributed by atoms with Gasteiger partial charge < -0.3 is 24.4 Å². The summed E-state index contributed by atoms with van der Waals surface area (Å²) >= 11 is 0. The number of carbonyl (C=O) groups is 1. The molecule has 0 aliphatic carbocycles. The normalized spacial score (nSPS) is 11.6. The molecule has 0 aliphatic rings. The van der Waals surface area contributed by atoms with Crippen LogP contribution in [0.3, 0.4) is 0 Å². The van der Waals surface area contributed by atoms with E-state index in [2.05, 4.69) is 5.32 Å². The Morgan fingerprint density at radius 3 is 2.33 bits per heavy atom. The smallest absolute Gasteiger partial charge is 0.275 e. The highest BCUT2D eigenvalue weighted by Gasteiger charge is 2.12. The second-order valence-corrected chi connectivity index (χ2v) is 6.35. The highest BCUT2D eigenvalue weighted by Crippen LogP contribution is 2.27. The molecule has 146 valence electrons. The third kappa shape index (κ3) is 6.49. The van der Waals surface area contributed by atoms with Gasteiger partial charge in [0, 0.05) is 12.1 Å². The second-order valence-electron chi connectivity index (χ2n) is 6.35. The molecule has 1 amide bonds. The number of rotatable bonds is 10. The van der Waals surface area contributed by atoms with Crippen LogP contribution in [0.25, 0.3) is 0 Å². The van der Waals surface area contributed by atoms with Gasteiger partial charge in [0.25, 0.3) is 5.91 Å². The number of hydrogen-bond donors (Lipinski definition) is 2. The van der Waals surface area contributed by atoms with E-state index in [0.29, 0.717) is 25.4 Å². The van der Waals surface area contributed by atoms with Crippen molar-refractivity contribution in [1.29, 1.82) is 0 Å². The van der Waals surface area contributed by atoms with Gasteiger partial charge in [-0.25, -0.2) is 0 Å². The van der Waals surface area contributed by atoms with Crippen LogP contribution in [-0.2, 0) is 17.9 Å². The highest BCUT2D eigenvalue weighted by atomic mass is 16.5. The van der Waals surface area contributed by atoms with Crippen LogP contribution in [0.1, 0.15) is 18.1 Å². The molecule has 0 heterocycles. The minimum Gasteiger partial charge on any atom is -0.497 e. The topological polar surface area (TPSA) is 61.2 Å². The van der Waals surface area contributed by atoms with Crippen LogP contribution in [0.5, 0.6) is 17.2 Å². The molecule has 2 aromatic carbocycles. The molecule has 0 aliphatic heterocycles. The number of amides is 1. The van der Waals surface area contributed by atoms with Gasteiger partial charge in [0.1, 0.15) is 12.3 Å². The quantitative estimate of drug-likeness (QED) is 0.662. The lowest BCUT2D eigenvalue weighted by molar-refractivity contribution is -0.885. The van der Waals surface area contributed by atoms with E-state index in [1.807, 2.05) is 56.4 Å². The van der Waals surface area contributed by atoms with Crippen molar-refractivity contribution in [3.63, 3.8) is 0 Å². The summed E-state index contributed by atoms with van der Waals surface area (Å²) in [7, 11) is 5.26. The summed E-state index contributed by atoms with van der Waals surface area (Å²) in [4.78, 5) is 13.3. The summed E-state index contributed by atoms with van der Waals surface area (Å²) in [5.74, 6) is 2.27. The molecule has 0 aromatic heterocycles. The molecule has 0 radical (unpaired) electrons. The van der Waals surface area contributed by atoms with Crippen molar-refractivity contribution in [3.8, 4) is 17.2 Å². The summed E-state index contributed by atoms with van der Waals surface area (Å²) in [6.07, 6.45) is 0. The number of likely N-dealkylation sites (N-methyl/N-ethyl adjacent to an activating group) is 1. The fraction of sp³-hybridized carbons (Fsp3) is 0.381. The van der Waals surface area contributed by atoms with Crippen LogP contribution >= 0.6 is 0 Å². The van der Waals surface area contributed by atoms with Gasteiger partial charge in [-0.3, -0.25) is 4.79 Å². The van der Waals surface area contributed by atoms with Gasteiger partial charge in [-0.15, -0.1) is 0 Å². The largest absolute Gasteiger partial charge is 0.497 e. The third-order valence-electron chi connectivity index (χ3n) is 4.14. The zero-order chi connectivity index (χ0) is 19.6. The van der Waals surface area contributed by atoms with Crippen molar-refractivity contribution >= 4 is 5.91 Å². The summed E-state index contributed by atoms with van der Waals surface area (Å²) in [5, 5.41) is 2.96. The molecule has 2 N–H and O–H groups in total. The fourth-order valence-corrected chi connectivity index (χ4v) is 2.79. The Labute approximate surface area is 161 Å². The third-order valence-corrected chi connectivity index (χ3v) is 4.14. The van der Waals surface area contributed by atoms with Crippen molar-refractivity contribution in [1.82, 2.24) is 5.32 Å². The summed E-state index contributed by atoms with van der Waals surface area (Å²) < 4.78 is 16.1. The minimum absolute atomic E-state index is 0.0150. The maximum Gasteiger partial charge on any atom is 0.275 e. The number of ether oxygens (including phenoxy) is 3. The van der Waals surface area contributed by atoms with Crippen molar-refractivity contribution < 1.29 is 23.9 Å². The molecule has 0 saturated carbocycles. The van der Waals surface area contributed by atoms with Crippen LogP contribution in [-0.4, -0.2) is 40.3 Å². The van der Waals surface area contributed by atoms with Crippen molar-refractivity contribution in [3.05, 3.63) is 53.6 Å². The molecule has 2 aromatic rings. The molecule has 6 nitrogen and oxygen atoms in total. The van der Waals surface area contributed by atoms with Gasteiger partial charge >= 0.3 is 0 Å². The van der Waals surface area contributed by atoms with E-state index >= 15 is 0 Å². The van der Waals surface area contributed by atoms with E-state index < -0.39 is 0 Å². The van der Waals surface area contributed by atoms with E-state index in [0.717, 1.165) is 34.1 Å². The van der Waals surface area contributed by atoms with Gasteiger partial charge in [-0.05, 0) is 42.8 Å². The molecule has 1 atom stereocenters. The average Bonchev–Trinajstić information content (AvgIpc) is 2.68. The molecular weight excluding hydrogens is 344 g/mol. The molecule has 0 fully saturated rings. The first kappa shape index (κ1) is 20.6. The first-order valence-electron chi connectivity index (χ1n) is 9.06. The number of quaternary nitrogens is 1. The van der Waals surface area contributed by atoms with E-state index in [1.54, 1.807) is 14.2 Å². The Morgan fingerprint density at radius 2 is 1.70 bits per heavy atom. The summed E-state index contributed by atoms with van der Waals surface area (Å²) in [6, 6.07) is 13.5. The minimum atomic E-state index is 0.0150. The van der Waals surface area contributed by atoms with Crippen molar-refractivity contribution in [2.45, 2.75) is 20.0 Å². The number of hydrogen-bond acceptors (Lipinski definition) is 4. The monoisotopic (exact) mass is 373 g/mol. The molecule has 6 heteroatoms. The van der Waals surface area contributed by atoms with Gasteiger partial charge in [-0.2, -0.15) is 0 Å². The van der Waals surface area contributed by atoms with Crippen molar-refractivity contribution in [2.75, 3.05) is 34.4 Å². The van der Waals surface area contributed by atoms with Gasteiger partial charge in [-0.1, -0.05) is 12.1 Å². The number of methoxy groups -OCH3 is 2. The average molecular weight is 373 g/mol. The zero-order valence-electron chi connectivity index (χ0n) is 16.5. The molecule has 1 unspecified atom stereocenters. The molecule has 0 spiro atoms. The first-order valence-corrected chi connectivity index (χ1v) is 9.06. The highest BCUT2D eigenvalue weighted by molar-refractivity contribution is 5.76. The Morgan fingerprint density at radius 1 is 1.00 bits per heavy atom. The van der Waals surface area contributed by atoms with E-state index in [1.165, 1.54) is 0 Å². The Hall–Kier alpha value is -2.73. The van der Waals surface area contributed by atoms with Crippen LogP contribution < -0.4 is 24.4 Å². The molecule has 27 heavy (non-hydrogen) atoms. The van der Waals surface area contributed by atoms with Crippen LogP contribution in [0.2, 0.25) is 0 Å². The standard InChI is InChI=1S/C21H28N2O4/c1-5-27-19-11-8-17(12-20(19)26-4)14-23(2)15-21(24)22-13-16-6-9-18(25-3)10-7-16/h6-12H,5,13-15H2,1-4H3,(H,22,24)/p+1. The van der Waals surface area contributed by atoms with Crippen LogP contribution in [0, 0.1) is 0 Å². The van der Waals surface area contributed by atoms with E-state index in [-0.39, 0.29) is 5.91 Å². The molecular formula is C21H29N2O4+. The predicted molar refractivity (Wildman–Crippen MR) is 104 cm³/mol. The lowest BCUT2D eigenvalue weighted by Crippen LogP contribution is -3.08. The van der Waals surface area contributed by atoms with E-state index in [4.69, 9.17) is 14.2 Å². The number of benzene rings is 2. The van der Waals surface area contributed by atoms with Gasteiger partial charge in [0.2, 0.25) is 0 Å². The van der Waals surface area contributed by atoms with Crippen LogP contribution in [0.4, 0.5) is 0 Å². The number of carbonyl (C=O) groups excluding carboxylic acids is 1. The van der Waals surface area contributed by atoms with Crippen LogP contribution in [0.15, 0.2) is 42.5 Å². The maximum atomic E-state index is 12.2. The lowest BCUT2D eigenvalue weighted by Gasteiger charge is -2.16. The van der Waals surface area contributed by atoms with Gasteiger partial charge in [0.05, 0.1) is 27.9 Å². The second kappa shape index (κ2) is 10.4. The SMILES string of the molecule is CCOc1ccc(C[NH+](C)CC(=O)NCc2ccc(OC)cc2)cc1OC. The molecule has 2 rings (SSSR count).